The van der Waals surface area contributed by atoms with Crippen molar-refractivity contribution in [3.8, 4) is 0 Å². The molecule has 2 rings (SSSR count). The first-order chi connectivity index (χ1) is 13.2. The Morgan fingerprint density at radius 3 is 2.36 bits per heavy atom. The van der Waals surface area contributed by atoms with E-state index in [1.807, 2.05) is 0 Å². The highest BCUT2D eigenvalue weighted by Gasteiger charge is 2.17. The second kappa shape index (κ2) is 9.25. The molecule has 0 radical (unpaired) electrons. The highest BCUT2D eigenvalue weighted by Crippen LogP contribution is 2.22. The third-order valence-electron chi connectivity index (χ3n) is 3.54. The molecule has 0 saturated heterocycles. The number of rotatable bonds is 5. The number of carbonyl (C=O) groups excluding carboxylic acids is 2. The van der Waals surface area contributed by atoms with Crippen LogP contribution in [0.25, 0.3) is 0 Å². The van der Waals surface area contributed by atoms with Crippen LogP contribution in [0.2, 0.25) is 5.02 Å². The molecule has 10 heteroatoms. The Morgan fingerprint density at radius 1 is 1.11 bits per heavy atom. The standard InChI is InChI=1S/C18H17ClN4O4S/c1-10(2)16(24)20-11-4-3-5-12(8-11)21-18(28)22-17(25)14-9-13(23(26)27)6-7-15(14)19/h3-10H,1-2H3,(H,20,24)(H2,21,22,25,28). The Balaban J connectivity index is 2.06. The average molecular weight is 421 g/mol. The summed E-state index contributed by atoms with van der Waals surface area (Å²) in [5, 5.41) is 18.9. The van der Waals surface area contributed by atoms with Crippen LogP contribution in [0.5, 0.6) is 0 Å². The van der Waals surface area contributed by atoms with E-state index in [1.165, 1.54) is 12.1 Å². The van der Waals surface area contributed by atoms with Gasteiger partial charge in [-0.15, -0.1) is 0 Å². The second-order valence-corrected chi connectivity index (χ2v) is 6.87. The molecular weight excluding hydrogens is 404 g/mol. The van der Waals surface area contributed by atoms with Gasteiger partial charge in [0.2, 0.25) is 5.91 Å². The summed E-state index contributed by atoms with van der Waals surface area (Å²) < 4.78 is 0. The Labute approximate surface area is 171 Å². The molecule has 2 aromatic rings. The molecule has 2 aromatic carbocycles. The monoisotopic (exact) mass is 420 g/mol. The van der Waals surface area contributed by atoms with Gasteiger partial charge in [-0.05, 0) is 36.5 Å². The molecule has 146 valence electrons. The summed E-state index contributed by atoms with van der Waals surface area (Å²) in [6.45, 7) is 3.56. The fraction of sp³-hybridized carbons (Fsp3) is 0.167. The minimum atomic E-state index is -0.685. The molecule has 0 spiro atoms. The number of thiocarbonyl (C=S) groups is 1. The van der Waals surface area contributed by atoms with Gasteiger partial charge in [0, 0.05) is 29.4 Å². The lowest BCUT2D eigenvalue weighted by Gasteiger charge is -2.12. The van der Waals surface area contributed by atoms with Crippen molar-refractivity contribution < 1.29 is 14.5 Å². The number of nitro groups is 1. The zero-order chi connectivity index (χ0) is 20.8. The highest BCUT2D eigenvalue weighted by molar-refractivity contribution is 7.80. The van der Waals surface area contributed by atoms with E-state index in [0.717, 1.165) is 6.07 Å². The van der Waals surface area contributed by atoms with Crippen LogP contribution in [0.1, 0.15) is 24.2 Å². The third-order valence-corrected chi connectivity index (χ3v) is 4.08. The zero-order valence-corrected chi connectivity index (χ0v) is 16.6. The first-order valence-corrected chi connectivity index (χ1v) is 8.93. The van der Waals surface area contributed by atoms with Crippen molar-refractivity contribution in [2.24, 2.45) is 5.92 Å². The van der Waals surface area contributed by atoms with Crippen LogP contribution < -0.4 is 16.0 Å². The molecular formula is C18H17ClN4O4S. The summed E-state index contributed by atoms with van der Waals surface area (Å²) in [6, 6.07) is 10.3. The van der Waals surface area contributed by atoms with Gasteiger partial charge in [-0.3, -0.25) is 25.0 Å². The summed E-state index contributed by atoms with van der Waals surface area (Å²) in [4.78, 5) is 34.3. The first kappa shape index (κ1) is 21.3. The zero-order valence-electron chi connectivity index (χ0n) is 15.0. The van der Waals surface area contributed by atoms with E-state index in [9.17, 15) is 19.7 Å². The largest absolute Gasteiger partial charge is 0.332 e. The van der Waals surface area contributed by atoms with Crippen molar-refractivity contribution in [3.63, 3.8) is 0 Å². The van der Waals surface area contributed by atoms with Crippen LogP contribution in [0.15, 0.2) is 42.5 Å². The van der Waals surface area contributed by atoms with Crippen LogP contribution in [0.3, 0.4) is 0 Å². The molecule has 3 N–H and O–H groups in total. The van der Waals surface area contributed by atoms with Gasteiger partial charge in [-0.25, -0.2) is 0 Å². The van der Waals surface area contributed by atoms with E-state index in [-0.39, 0.29) is 33.2 Å². The fourth-order valence-corrected chi connectivity index (χ4v) is 2.51. The van der Waals surface area contributed by atoms with Gasteiger partial charge in [-0.2, -0.15) is 0 Å². The minimum Gasteiger partial charge on any atom is -0.332 e. The van der Waals surface area contributed by atoms with Crippen molar-refractivity contribution in [1.29, 1.82) is 0 Å². The Bertz CT molecular complexity index is 949. The maximum absolute atomic E-state index is 12.3. The Hall–Kier alpha value is -3.04. The number of hydrogen-bond acceptors (Lipinski definition) is 5. The first-order valence-electron chi connectivity index (χ1n) is 8.14. The van der Waals surface area contributed by atoms with E-state index in [0.29, 0.717) is 11.4 Å². The van der Waals surface area contributed by atoms with Crippen molar-refractivity contribution in [2.45, 2.75) is 13.8 Å². The summed E-state index contributed by atoms with van der Waals surface area (Å²) in [5.74, 6) is -0.986. The number of benzene rings is 2. The summed E-state index contributed by atoms with van der Waals surface area (Å²) in [5.41, 5.74) is 0.775. The van der Waals surface area contributed by atoms with Crippen molar-refractivity contribution in [2.75, 3.05) is 10.6 Å². The molecule has 28 heavy (non-hydrogen) atoms. The summed E-state index contributed by atoms with van der Waals surface area (Å²) >= 11 is 11.1. The van der Waals surface area contributed by atoms with E-state index >= 15 is 0 Å². The van der Waals surface area contributed by atoms with E-state index in [2.05, 4.69) is 16.0 Å². The smallest absolute Gasteiger partial charge is 0.270 e. The fourth-order valence-electron chi connectivity index (χ4n) is 2.09. The van der Waals surface area contributed by atoms with Crippen LogP contribution >= 0.6 is 23.8 Å². The predicted octanol–water partition coefficient (Wildman–Crippen LogP) is 3.97. The quantitative estimate of drug-likeness (QED) is 0.383. The number of amides is 2. The number of nitrogens with one attached hydrogen (secondary N) is 3. The molecule has 0 unspecified atom stereocenters. The van der Waals surface area contributed by atoms with Crippen LogP contribution in [-0.2, 0) is 4.79 Å². The second-order valence-electron chi connectivity index (χ2n) is 6.05. The number of carbonyl (C=O) groups is 2. The molecule has 0 aliphatic rings. The number of hydrogen-bond donors (Lipinski definition) is 3. The number of halogens is 1. The Morgan fingerprint density at radius 2 is 1.75 bits per heavy atom. The molecule has 0 atom stereocenters. The molecule has 0 saturated carbocycles. The van der Waals surface area contributed by atoms with Crippen LogP contribution in [0.4, 0.5) is 17.1 Å². The minimum absolute atomic E-state index is 0.0279. The summed E-state index contributed by atoms with van der Waals surface area (Å²) in [6.07, 6.45) is 0. The van der Waals surface area contributed by atoms with Gasteiger partial charge in [0.1, 0.15) is 0 Å². The molecule has 8 nitrogen and oxygen atoms in total. The van der Waals surface area contributed by atoms with Crippen LogP contribution in [-0.4, -0.2) is 21.9 Å². The molecule has 0 aliphatic carbocycles. The van der Waals surface area contributed by atoms with E-state index in [4.69, 9.17) is 23.8 Å². The van der Waals surface area contributed by atoms with Gasteiger partial charge >= 0.3 is 0 Å². The number of non-ortho nitro benzene ring substituents is 1. The molecule has 0 bridgehead atoms. The molecule has 0 aromatic heterocycles. The predicted molar refractivity (Wildman–Crippen MR) is 112 cm³/mol. The maximum Gasteiger partial charge on any atom is 0.270 e. The van der Waals surface area contributed by atoms with Crippen molar-refractivity contribution in [1.82, 2.24) is 5.32 Å². The van der Waals surface area contributed by atoms with Gasteiger partial charge < -0.3 is 10.6 Å². The van der Waals surface area contributed by atoms with Gasteiger partial charge in [-0.1, -0.05) is 31.5 Å². The molecule has 2 amide bonds. The average Bonchev–Trinajstić information content (AvgIpc) is 2.61. The number of nitro benzene ring substituents is 1. The van der Waals surface area contributed by atoms with Crippen molar-refractivity contribution >= 4 is 57.8 Å². The van der Waals surface area contributed by atoms with Crippen LogP contribution in [0, 0.1) is 16.0 Å². The maximum atomic E-state index is 12.3. The van der Waals surface area contributed by atoms with Gasteiger partial charge in [0.05, 0.1) is 15.5 Å². The topological polar surface area (TPSA) is 113 Å². The lowest BCUT2D eigenvalue weighted by atomic mass is 10.2. The van der Waals surface area contributed by atoms with Gasteiger partial charge in [0.25, 0.3) is 11.6 Å². The SMILES string of the molecule is CC(C)C(=O)Nc1cccc(NC(=S)NC(=O)c2cc([N+](=O)[O-])ccc2Cl)c1. The third kappa shape index (κ3) is 5.73. The van der Waals surface area contributed by atoms with E-state index < -0.39 is 10.8 Å². The highest BCUT2D eigenvalue weighted by atomic mass is 35.5. The van der Waals surface area contributed by atoms with Gasteiger partial charge in [0.15, 0.2) is 5.11 Å². The molecule has 0 heterocycles. The lowest BCUT2D eigenvalue weighted by molar-refractivity contribution is -0.384. The van der Waals surface area contributed by atoms with E-state index in [1.54, 1.807) is 38.1 Å². The molecule has 0 aliphatic heterocycles. The lowest BCUT2D eigenvalue weighted by Crippen LogP contribution is -2.34. The normalized spacial score (nSPS) is 10.3. The summed E-state index contributed by atoms with van der Waals surface area (Å²) in [7, 11) is 0. The van der Waals surface area contributed by atoms with Crippen molar-refractivity contribution in [3.05, 3.63) is 63.2 Å². The number of nitrogens with zero attached hydrogens (tertiary/aromatic N) is 1. The Kier molecular flexibility index (Phi) is 7.02. The number of anilines is 2. The molecule has 0 fully saturated rings.